The van der Waals surface area contributed by atoms with Crippen LogP contribution in [-0.4, -0.2) is 30.5 Å². The predicted molar refractivity (Wildman–Crippen MR) is 108 cm³/mol. The number of hydrogen-bond acceptors (Lipinski definition) is 6. The third-order valence-electron chi connectivity index (χ3n) is 4.09. The Balaban J connectivity index is 1.73. The number of carbonyl (C=O) groups is 1. The van der Waals surface area contributed by atoms with Crippen molar-refractivity contribution < 1.29 is 17.4 Å². The molecule has 150 valence electrons. The van der Waals surface area contributed by atoms with Gasteiger partial charge in [-0.3, -0.25) is 18.3 Å². The van der Waals surface area contributed by atoms with E-state index < -0.39 is 22.6 Å². The molecule has 0 saturated heterocycles. The van der Waals surface area contributed by atoms with Gasteiger partial charge < -0.3 is 5.32 Å². The van der Waals surface area contributed by atoms with Crippen molar-refractivity contribution in [3.05, 3.63) is 76.6 Å². The Kier molecular flexibility index (Phi) is 5.90. The van der Waals surface area contributed by atoms with Crippen LogP contribution in [0.25, 0.3) is 11.4 Å². The van der Waals surface area contributed by atoms with E-state index in [2.05, 4.69) is 10.3 Å². The molecule has 29 heavy (non-hydrogen) atoms. The zero-order valence-corrected chi connectivity index (χ0v) is 16.6. The number of aromatic nitrogens is 2. The molecule has 0 saturated carbocycles. The van der Waals surface area contributed by atoms with Crippen molar-refractivity contribution in [3.8, 4) is 11.4 Å². The monoisotopic (exact) mass is 413 g/mol. The molecule has 0 atom stereocenters. The average molecular weight is 413 g/mol. The van der Waals surface area contributed by atoms with Crippen molar-refractivity contribution in [2.75, 3.05) is 11.9 Å². The number of nitrogens with zero attached hydrogens (tertiary/aromatic N) is 2. The molecular formula is C20H19N3O5S. The normalized spacial score (nSPS) is 11.2. The average Bonchev–Trinajstić information content (AvgIpc) is 2.70. The Morgan fingerprint density at radius 1 is 1.10 bits per heavy atom. The number of aryl methyl sites for hydroxylation is 1. The summed E-state index contributed by atoms with van der Waals surface area (Å²) in [4.78, 5) is 28.6. The fraction of sp³-hybridized carbons (Fsp3) is 0.150. The summed E-state index contributed by atoms with van der Waals surface area (Å²) < 4.78 is 30.5. The molecule has 3 rings (SSSR count). The maximum absolute atomic E-state index is 12.2. The second-order valence-electron chi connectivity index (χ2n) is 6.31. The number of hydrogen-bond donors (Lipinski definition) is 1. The van der Waals surface area contributed by atoms with Gasteiger partial charge in [0.25, 0.3) is 21.6 Å². The molecule has 0 spiro atoms. The Hall–Kier alpha value is -3.30. The van der Waals surface area contributed by atoms with Crippen LogP contribution < -0.4 is 10.9 Å². The van der Waals surface area contributed by atoms with E-state index in [4.69, 9.17) is 4.18 Å². The third kappa shape index (κ3) is 4.95. The minimum atomic E-state index is -4.08. The second-order valence-corrected chi connectivity index (χ2v) is 7.92. The van der Waals surface area contributed by atoms with Crippen molar-refractivity contribution >= 4 is 21.8 Å². The molecule has 9 heteroatoms. The van der Waals surface area contributed by atoms with Gasteiger partial charge >= 0.3 is 0 Å². The van der Waals surface area contributed by atoms with Gasteiger partial charge in [0.05, 0.1) is 4.90 Å². The van der Waals surface area contributed by atoms with Crippen LogP contribution in [0.15, 0.2) is 70.4 Å². The molecular weight excluding hydrogens is 394 g/mol. The highest BCUT2D eigenvalue weighted by molar-refractivity contribution is 7.86. The molecule has 0 aliphatic heterocycles. The van der Waals surface area contributed by atoms with Gasteiger partial charge in [-0.1, -0.05) is 48.0 Å². The smallest absolute Gasteiger partial charge is 0.297 e. The number of nitrogens with one attached hydrogen (secondary N) is 1. The molecule has 0 aliphatic carbocycles. The van der Waals surface area contributed by atoms with Crippen LogP contribution in [0.2, 0.25) is 0 Å². The number of carbonyl (C=O) groups excluding carboxylic acids is 1. The molecule has 0 radical (unpaired) electrons. The molecule has 0 fully saturated rings. The number of amides is 1. The Bertz CT molecular complexity index is 1190. The highest BCUT2D eigenvalue weighted by Crippen LogP contribution is 2.16. The summed E-state index contributed by atoms with van der Waals surface area (Å²) in [6.45, 7) is 1.08. The van der Waals surface area contributed by atoms with Gasteiger partial charge in [0.1, 0.15) is 18.2 Å². The van der Waals surface area contributed by atoms with E-state index >= 15 is 0 Å². The molecule has 3 aromatic rings. The number of anilines is 1. The minimum Gasteiger partial charge on any atom is -0.308 e. The van der Waals surface area contributed by atoms with Gasteiger partial charge in [-0.05, 0) is 19.1 Å². The lowest BCUT2D eigenvalue weighted by molar-refractivity contribution is -0.118. The maximum atomic E-state index is 12.2. The minimum absolute atomic E-state index is 0.00767. The van der Waals surface area contributed by atoms with Crippen LogP contribution in [-0.2, 0) is 26.1 Å². The van der Waals surface area contributed by atoms with Crippen molar-refractivity contribution in [3.63, 3.8) is 0 Å². The molecule has 1 aromatic heterocycles. The van der Waals surface area contributed by atoms with Gasteiger partial charge in [0.2, 0.25) is 0 Å². The molecule has 0 aliphatic rings. The lowest BCUT2D eigenvalue weighted by Gasteiger charge is -2.11. The fourth-order valence-corrected chi connectivity index (χ4v) is 3.40. The van der Waals surface area contributed by atoms with E-state index in [1.807, 2.05) is 13.0 Å². The van der Waals surface area contributed by atoms with Crippen molar-refractivity contribution in [2.45, 2.75) is 11.8 Å². The number of rotatable bonds is 6. The van der Waals surface area contributed by atoms with Crippen LogP contribution in [0.4, 0.5) is 5.82 Å². The first-order valence-corrected chi connectivity index (χ1v) is 10.1. The first kappa shape index (κ1) is 20.4. The maximum Gasteiger partial charge on any atom is 0.297 e. The molecule has 8 nitrogen and oxygen atoms in total. The van der Waals surface area contributed by atoms with E-state index in [1.165, 1.54) is 16.7 Å². The van der Waals surface area contributed by atoms with E-state index in [0.29, 0.717) is 11.4 Å². The molecule has 1 heterocycles. The van der Waals surface area contributed by atoms with Crippen LogP contribution in [0.3, 0.4) is 0 Å². The molecule has 0 unspecified atom stereocenters. The van der Waals surface area contributed by atoms with Crippen LogP contribution in [0, 0.1) is 6.92 Å². The van der Waals surface area contributed by atoms with E-state index in [0.717, 1.165) is 11.6 Å². The predicted octanol–water partition coefficient (Wildman–Crippen LogP) is 2.10. The highest BCUT2D eigenvalue weighted by atomic mass is 32.2. The molecule has 1 amide bonds. The van der Waals surface area contributed by atoms with Gasteiger partial charge in [0, 0.05) is 18.7 Å². The largest absolute Gasteiger partial charge is 0.308 e. The third-order valence-corrected chi connectivity index (χ3v) is 5.37. The summed E-state index contributed by atoms with van der Waals surface area (Å²) in [6.07, 6.45) is 0. The Morgan fingerprint density at radius 3 is 2.41 bits per heavy atom. The summed E-state index contributed by atoms with van der Waals surface area (Å²) in [5, 5.41) is 2.40. The van der Waals surface area contributed by atoms with E-state index in [9.17, 15) is 18.0 Å². The number of benzene rings is 2. The van der Waals surface area contributed by atoms with Crippen LogP contribution in [0.5, 0.6) is 0 Å². The highest BCUT2D eigenvalue weighted by Gasteiger charge is 2.18. The van der Waals surface area contributed by atoms with Crippen molar-refractivity contribution in [1.82, 2.24) is 9.55 Å². The molecule has 0 bridgehead atoms. The van der Waals surface area contributed by atoms with Gasteiger partial charge in [-0.15, -0.1) is 0 Å². The second kappa shape index (κ2) is 8.38. The summed E-state index contributed by atoms with van der Waals surface area (Å²) >= 11 is 0. The van der Waals surface area contributed by atoms with Crippen LogP contribution >= 0.6 is 0 Å². The quantitative estimate of drug-likeness (QED) is 0.620. The van der Waals surface area contributed by atoms with Crippen molar-refractivity contribution in [2.24, 2.45) is 7.05 Å². The van der Waals surface area contributed by atoms with Crippen LogP contribution in [0.1, 0.15) is 5.56 Å². The Labute approximate surface area is 167 Å². The summed E-state index contributed by atoms with van der Waals surface area (Å²) in [5.41, 5.74) is 1.22. The van der Waals surface area contributed by atoms with Gasteiger partial charge in [-0.25, -0.2) is 4.98 Å². The van der Waals surface area contributed by atoms with E-state index in [1.54, 1.807) is 43.4 Å². The fourth-order valence-electron chi connectivity index (χ4n) is 2.53. The molecule has 1 N–H and O–H groups in total. The SMILES string of the molecule is Cc1ccc(S(=O)(=O)OCC(=O)Nc2cc(=O)n(C)c(-c3ccccc3)n2)cc1. The zero-order valence-electron chi connectivity index (χ0n) is 15.8. The lowest BCUT2D eigenvalue weighted by Crippen LogP contribution is -2.25. The first-order chi connectivity index (χ1) is 13.8. The van der Waals surface area contributed by atoms with Gasteiger partial charge in [0.15, 0.2) is 0 Å². The lowest BCUT2D eigenvalue weighted by atomic mass is 10.2. The summed E-state index contributed by atoms with van der Waals surface area (Å²) in [5.74, 6) is -0.379. The standard InChI is InChI=1S/C20H19N3O5S/c1-14-8-10-16(11-9-14)29(26,27)28-13-18(24)21-17-12-19(25)23(2)20(22-17)15-6-4-3-5-7-15/h3-12H,13H2,1-2H3,(H,21,24). The summed E-state index contributed by atoms with van der Waals surface area (Å²) in [7, 11) is -2.51. The Morgan fingerprint density at radius 2 is 1.76 bits per heavy atom. The van der Waals surface area contributed by atoms with Gasteiger partial charge in [-0.2, -0.15) is 8.42 Å². The first-order valence-electron chi connectivity index (χ1n) is 8.66. The topological polar surface area (TPSA) is 107 Å². The van der Waals surface area contributed by atoms with Crippen molar-refractivity contribution in [1.29, 1.82) is 0 Å². The molecule has 2 aromatic carbocycles. The summed E-state index contributed by atoms with van der Waals surface area (Å²) in [6, 6.07) is 16.2. The van der Waals surface area contributed by atoms with E-state index in [-0.39, 0.29) is 16.3 Å². The zero-order chi connectivity index (χ0) is 21.0.